The van der Waals surface area contributed by atoms with Crippen LogP contribution in [0.2, 0.25) is 10.0 Å². The fourth-order valence-corrected chi connectivity index (χ4v) is 4.02. The molecule has 1 aliphatic heterocycles. The zero-order chi connectivity index (χ0) is 18.0. The predicted octanol–water partition coefficient (Wildman–Crippen LogP) is 5.95. The Balaban J connectivity index is 1.80. The zero-order valence-electron chi connectivity index (χ0n) is 13.2. The fraction of sp³-hybridized carbons (Fsp3) is 0.111. The van der Waals surface area contributed by atoms with Crippen molar-refractivity contribution in [2.75, 3.05) is 6.26 Å². The molecule has 1 fully saturated rings. The first kappa shape index (κ1) is 18.4. The van der Waals surface area contributed by atoms with Crippen molar-refractivity contribution in [1.82, 2.24) is 4.90 Å². The fourth-order valence-electron chi connectivity index (χ4n) is 2.31. The molecule has 0 unspecified atom stereocenters. The lowest BCUT2D eigenvalue weighted by atomic mass is 10.2. The summed E-state index contributed by atoms with van der Waals surface area (Å²) in [6.07, 6.45) is 3.74. The van der Waals surface area contributed by atoms with Gasteiger partial charge in [-0.3, -0.25) is 14.5 Å². The average Bonchev–Trinajstić information content (AvgIpc) is 2.85. The number of nitrogens with zero attached hydrogens (tertiary/aromatic N) is 1. The molecule has 0 radical (unpaired) electrons. The van der Waals surface area contributed by atoms with Crippen molar-refractivity contribution in [2.45, 2.75) is 11.4 Å². The van der Waals surface area contributed by atoms with Crippen LogP contribution < -0.4 is 0 Å². The average molecular weight is 410 g/mol. The van der Waals surface area contributed by atoms with Gasteiger partial charge < -0.3 is 0 Å². The first-order valence-electron chi connectivity index (χ1n) is 7.31. The molecule has 0 bridgehead atoms. The van der Waals surface area contributed by atoms with E-state index in [2.05, 4.69) is 0 Å². The molecule has 3 rings (SSSR count). The minimum absolute atomic E-state index is 0.128. The lowest BCUT2D eigenvalue weighted by Gasteiger charge is -2.13. The molecule has 0 spiro atoms. The van der Waals surface area contributed by atoms with Crippen LogP contribution in [0.3, 0.4) is 0 Å². The van der Waals surface area contributed by atoms with Crippen molar-refractivity contribution < 1.29 is 9.59 Å². The van der Waals surface area contributed by atoms with E-state index in [1.165, 1.54) is 4.90 Å². The van der Waals surface area contributed by atoms with Gasteiger partial charge in [-0.05, 0) is 59.5 Å². The van der Waals surface area contributed by atoms with Gasteiger partial charge in [0.1, 0.15) is 0 Å². The second-order valence-corrected chi connectivity index (χ2v) is 7.99. The van der Waals surface area contributed by atoms with Crippen LogP contribution in [0.1, 0.15) is 11.1 Å². The van der Waals surface area contributed by atoms with E-state index < -0.39 is 0 Å². The molecule has 1 saturated heterocycles. The number of thioether (sulfide) groups is 2. The molecule has 2 aromatic carbocycles. The van der Waals surface area contributed by atoms with Gasteiger partial charge in [0, 0.05) is 14.9 Å². The lowest BCUT2D eigenvalue weighted by molar-refractivity contribution is -0.123. The Bertz CT molecular complexity index is 866. The summed E-state index contributed by atoms with van der Waals surface area (Å²) < 4.78 is 0. The third-order valence-electron chi connectivity index (χ3n) is 3.63. The van der Waals surface area contributed by atoms with Crippen molar-refractivity contribution in [2.24, 2.45) is 0 Å². The molecule has 7 heteroatoms. The number of amides is 2. The predicted molar refractivity (Wildman–Crippen MR) is 106 cm³/mol. The molecule has 0 atom stereocenters. The molecular formula is C18H13Cl2NO2S2. The van der Waals surface area contributed by atoms with E-state index in [0.29, 0.717) is 20.5 Å². The van der Waals surface area contributed by atoms with Crippen LogP contribution in [0, 0.1) is 0 Å². The van der Waals surface area contributed by atoms with Crippen LogP contribution in [0.25, 0.3) is 6.08 Å². The molecule has 1 heterocycles. The van der Waals surface area contributed by atoms with E-state index in [9.17, 15) is 9.59 Å². The highest BCUT2D eigenvalue weighted by molar-refractivity contribution is 8.18. The highest BCUT2D eigenvalue weighted by atomic mass is 35.5. The van der Waals surface area contributed by atoms with Gasteiger partial charge in [-0.15, -0.1) is 11.8 Å². The van der Waals surface area contributed by atoms with Crippen LogP contribution >= 0.6 is 46.7 Å². The number of carbonyl (C=O) groups excluding carboxylic acids is 2. The number of hydrogen-bond donors (Lipinski definition) is 0. The Kier molecular flexibility index (Phi) is 5.79. The van der Waals surface area contributed by atoms with Gasteiger partial charge in [0.05, 0.1) is 11.4 Å². The minimum atomic E-state index is -0.310. The van der Waals surface area contributed by atoms with Crippen LogP contribution in [0.4, 0.5) is 4.79 Å². The van der Waals surface area contributed by atoms with E-state index in [0.717, 1.165) is 22.2 Å². The van der Waals surface area contributed by atoms with Crippen LogP contribution in [-0.4, -0.2) is 22.3 Å². The number of rotatable bonds is 4. The first-order valence-corrected chi connectivity index (χ1v) is 10.1. The molecular weight excluding hydrogens is 397 g/mol. The summed E-state index contributed by atoms with van der Waals surface area (Å²) in [6, 6.07) is 12.8. The normalized spacial score (nSPS) is 16.1. The molecule has 0 saturated carbocycles. The summed E-state index contributed by atoms with van der Waals surface area (Å²) in [7, 11) is 0. The molecule has 0 aliphatic carbocycles. The Hall–Kier alpha value is -1.40. The third-order valence-corrected chi connectivity index (χ3v) is 5.87. The van der Waals surface area contributed by atoms with Crippen molar-refractivity contribution in [3.63, 3.8) is 0 Å². The Morgan fingerprint density at radius 3 is 2.48 bits per heavy atom. The molecule has 25 heavy (non-hydrogen) atoms. The molecule has 128 valence electrons. The maximum absolute atomic E-state index is 12.6. The van der Waals surface area contributed by atoms with Crippen molar-refractivity contribution >= 4 is 63.9 Å². The molecule has 2 aromatic rings. The van der Waals surface area contributed by atoms with Crippen LogP contribution in [-0.2, 0) is 11.3 Å². The summed E-state index contributed by atoms with van der Waals surface area (Å²) in [5.41, 5.74) is 1.56. The van der Waals surface area contributed by atoms with Crippen molar-refractivity contribution in [3.8, 4) is 0 Å². The quantitative estimate of drug-likeness (QED) is 0.461. The SMILES string of the molecule is CSc1ccc(/C=C2\SC(=O)N(Cc3ccc(Cl)cc3Cl)C2=O)cc1. The Morgan fingerprint density at radius 1 is 1.12 bits per heavy atom. The largest absolute Gasteiger partial charge is 0.293 e. The van der Waals surface area contributed by atoms with E-state index in [4.69, 9.17) is 23.2 Å². The second-order valence-electron chi connectivity index (χ2n) is 5.28. The standard InChI is InChI=1S/C18H13Cl2NO2S2/c1-24-14-6-2-11(3-7-14)8-16-17(22)21(18(23)25-16)10-12-4-5-13(19)9-15(12)20/h2-9H,10H2,1H3/b16-8-. The zero-order valence-corrected chi connectivity index (χ0v) is 16.3. The van der Waals surface area contributed by atoms with Gasteiger partial charge in [-0.2, -0.15) is 0 Å². The van der Waals surface area contributed by atoms with Crippen molar-refractivity contribution in [1.29, 1.82) is 0 Å². The van der Waals surface area contributed by atoms with Gasteiger partial charge in [-0.1, -0.05) is 41.4 Å². The van der Waals surface area contributed by atoms with Crippen LogP contribution in [0.5, 0.6) is 0 Å². The summed E-state index contributed by atoms with van der Waals surface area (Å²) >= 11 is 14.6. The molecule has 1 aliphatic rings. The smallest absolute Gasteiger partial charge is 0.268 e. The van der Waals surface area contributed by atoms with Gasteiger partial charge in [0.15, 0.2) is 0 Å². The highest BCUT2D eigenvalue weighted by Crippen LogP contribution is 2.34. The monoisotopic (exact) mass is 409 g/mol. The summed E-state index contributed by atoms with van der Waals surface area (Å²) in [5.74, 6) is -0.310. The van der Waals surface area contributed by atoms with Gasteiger partial charge in [0.25, 0.3) is 11.1 Å². The van der Waals surface area contributed by atoms with E-state index >= 15 is 0 Å². The van der Waals surface area contributed by atoms with Crippen molar-refractivity contribution in [3.05, 3.63) is 68.5 Å². The molecule has 3 nitrogen and oxygen atoms in total. The maximum atomic E-state index is 12.6. The number of halogens is 2. The van der Waals surface area contributed by atoms with E-state index in [1.807, 2.05) is 30.5 Å². The van der Waals surface area contributed by atoms with E-state index in [-0.39, 0.29) is 17.7 Å². The molecule has 0 aromatic heterocycles. The second kappa shape index (κ2) is 7.87. The number of imide groups is 1. The lowest BCUT2D eigenvalue weighted by Crippen LogP contribution is -2.27. The Morgan fingerprint density at radius 2 is 1.84 bits per heavy atom. The van der Waals surface area contributed by atoms with E-state index in [1.54, 1.807) is 36.0 Å². The Labute approximate surface area is 164 Å². The minimum Gasteiger partial charge on any atom is -0.268 e. The van der Waals surface area contributed by atoms with Gasteiger partial charge >= 0.3 is 0 Å². The number of benzene rings is 2. The molecule has 2 amide bonds. The summed E-state index contributed by atoms with van der Waals surface area (Å²) in [6.45, 7) is 0.128. The summed E-state index contributed by atoms with van der Waals surface area (Å²) in [5, 5.41) is 0.641. The molecule has 0 N–H and O–H groups in total. The van der Waals surface area contributed by atoms with Gasteiger partial charge in [-0.25, -0.2) is 0 Å². The first-order chi connectivity index (χ1) is 12.0. The topological polar surface area (TPSA) is 37.4 Å². The third kappa shape index (κ3) is 4.23. The van der Waals surface area contributed by atoms with Gasteiger partial charge in [0.2, 0.25) is 0 Å². The number of hydrogen-bond acceptors (Lipinski definition) is 4. The number of carbonyl (C=O) groups is 2. The van der Waals surface area contributed by atoms with Crippen LogP contribution in [0.15, 0.2) is 52.3 Å². The highest BCUT2D eigenvalue weighted by Gasteiger charge is 2.35. The summed E-state index contributed by atoms with van der Waals surface area (Å²) in [4.78, 5) is 27.5. The maximum Gasteiger partial charge on any atom is 0.293 e.